The zero-order valence-electron chi connectivity index (χ0n) is 15.4. The van der Waals surface area contributed by atoms with Gasteiger partial charge in [0, 0.05) is 44.3 Å². The summed E-state index contributed by atoms with van der Waals surface area (Å²) in [5.41, 5.74) is -2.56. The van der Waals surface area contributed by atoms with Crippen molar-refractivity contribution < 1.29 is 26.7 Å². The van der Waals surface area contributed by atoms with E-state index in [1.54, 1.807) is 0 Å². The highest BCUT2D eigenvalue weighted by Crippen LogP contribution is 2.39. The van der Waals surface area contributed by atoms with Crippen LogP contribution in [0.2, 0.25) is 5.02 Å². The molecule has 0 saturated carbocycles. The summed E-state index contributed by atoms with van der Waals surface area (Å²) < 4.78 is 65.7. The number of rotatable bonds is 4. The van der Waals surface area contributed by atoms with Gasteiger partial charge in [0.1, 0.15) is 4.90 Å². The lowest BCUT2D eigenvalue weighted by Gasteiger charge is -2.35. The number of alkyl halides is 3. The first-order valence-electron chi connectivity index (χ1n) is 8.69. The van der Waals surface area contributed by atoms with E-state index in [-0.39, 0.29) is 28.6 Å². The van der Waals surface area contributed by atoms with Crippen LogP contribution in [0.5, 0.6) is 0 Å². The highest BCUT2D eigenvalue weighted by Gasteiger charge is 2.51. The SMILES string of the molecule is CC(O)(c1ccc(N2CCN(S(=O)(=O)c3cnccc3Cl)CC2)cc1)C(F)(F)F. The van der Waals surface area contributed by atoms with Crippen LogP contribution in [0.4, 0.5) is 18.9 Å². The molecule has 2 heterocycles. The topological polar surface area (TPSA) is 73.7 Å². The van der Waals surface area contributed by atoms with Gasteiger partial charge in [-0.3, -0.25) is 4.98 Å². The molecule has 1 aliphatic rings. The monoisotopic (exact) mass is 449 g/mol. The maximum absolute atomic E-state index is 13.0. The van der Waals surface area contributed by atoms with Crippen molar-refractivity contribution in [2.24, 2.45) is 0 Å². The zero-order valence-corrected chi connectivity index (χ0v) is 17.0. The van der Waals surface area contributed by atoms with Crippen LogP contribution >= 0.6 is 11.6 Å². The van der Waals surface area contributed by atoms with Gasteiger partial charge in [-0.05, 0) is 30.7 Å². The van der Waals surface area contributed by atoms with Crippen LogP contribution in [-0.4, -0.2) is 55.2 Å². The number of anilines is 1. The fourth-order valence-corrected chi connectivity index (χ4v) is 4.87. The Hall–Kier alpha value is -1.88. The van der Waals surface area contributed by atoms with E-state index in [2.05, 4.69) is 4.98 Å². The number of pyridine rings is 1. The van der Waals surface area contributed by atoms with Crippen molar-refractivity contribution in [3.63, 3.8) is 0 Å². The molecule has 11 heteroatoms. The number of aliphatic hydroxyl groups is 1. The van der Waals surface area contributed by atoms with Crippen LogP contribution in [0, 0.1) is 0 Å². The number of piperazine rings is 1. The van der Waals surface area contributed by atoms with Crippen molar-refractivity contribution in [3.8, 4) is 0 Å². The standard InChI is InChI=1S/C18H19ClF3N3O3S/c1-17(26,18(20,21)22)13-2-4-14(5-3-13)24-8-10-25(11-9-24)29(27,28)16-12-23-7-6-15(16)19/h2-7,12,26H,8-11H2,1H3. The van der Waals surface area contributed by atoms with Gasteiger partial charge in [-0.25, -0.2) is 8.42 Å². The number of sulfonamides is 1. The van der Waals surface area contributed by atoms with Gasteiger partial charge < -0.3 is 10.0 Å². The molecule has 1 unspecified atom stereocenters. The molecular formula is C18H19ClF3N3O3S. The van der Waals surface area contributed by atoms with Gasteiger partial charge in [-0.15, -0.1) is 0 Å². The van der Waals surface area contributed by atoms with E-state index >= 15 is 0 Å². The van der Waals surface area contributed by atoms with Crippen molar-refractivity contribution >= 4 is 27.3 Å². The van der Waals surface area contributed by atoms with Gasteiger partial charge in [0.15, 0.2) is 5.60 Å². The lowest BCUT2D eigenvalue weighted by Crippen LogP contribution is -2.48. The molecule has 0 aliphatic carbocycles. The predicted molar refractivity (Wildman–Crippen MR) is 102 cm³/mol. The van der Waals surface area contributed by atoms with Gasteiger partial charge in [0.2, 0.25) is 10.0 Å². The summed E-state index contributed by atoms with van der Waals surface area (Å²) >= 11 is 5.98. The quantitative estimate of drug-likeness (QED) is 0.776. The number of halogens is 4. The fraction of sp³-hybridized carbons (Fsp3) is 0.389. The van der Waals surface area contributed by atoms with E-state index in [1.807, 2.05) is 4.90 Å². The molecule has 6 nitrogen and oxygen atoms in total. The molecule has 1 N–H and O–H groups in total. The van der Waals surface area contributed by atoms with Gasteiger partial charge in [0.05, 0.1) is 5.02 Å². The number of aromatic nitrogens is 1. The van der Waals surface area contributed by atoms with Crippen LogP contribution in [0.1, 0.15) is 12.5 Å². The number of hydrogen-bond donors (Lipinski definition) is 1. The Balaban J connectivity index is 1.71. The van der Waals surface area contributed by atoms with E-state index in [0.717, 1.165) is 0 Å². The summed E-state index contributed by atoms with van der Waals surface area (Å²) in [6.45, 7) is 1.79. The van der Waals surface area contributed by atoms with Gasteiger partial charge in [0.25, 0.3) is 0 Å². The molecule has 29 heavy (non-hydrogen) atoms. The van der Waals surface area contributed by atoms with Gasteiger partial charge >= 0.3 is 6.18 Å². The molecule has 0 amide bonds. The minimum atomic E-state index is -4.79. The molecule has 2 aromatic rings. The molecule has 1 aliphatic heterocycles. The van der Waals surface area contributed by atoms with Crippen molar-refractivity contribution in [1.82, 2.24) is 9.29 Å². The summed E-state index contributed by atoms with van der Waals surface area (Å²) in [5, 5.41) is 9.84. The van der Waals surface area contributed by atoms with E-state index in [1.165, 1.54) is 47.0 Å². The van der Waals surface area contributed by atoms with Crippen LogP contribution in [0.3, 0.4) is 0 Å². The first-order valence-corrected chi connectivity index (χ1v) is 10.5. The molecule has 1 atom stereocenters. The van der Waals surface area contributed by atoms with E-state index in [0.29, 0.717) is 25.7 Å². The van der Waals surface area contributed by atoms with Crippen molar-refractivity contribution in [1.29, 1.82) is 0 Å². The Kier molecular flexibility index (Phi) is 5.83. The molecule has 158 valence electrons. The molecule has 1 saturated heterocycles. The number of hydrogen-bond acceptors (Lipinski definition) is 5. The Morgan fingerprint density at radius 3 is 2.17 bits per heavy atom. The Labute approximate surface area is 171 Å². The summed E-state index contributed by atoms with van der Waals surface area (Å²) in [5.74, 6) is 0. The third-order valence-corrected chi connectivity index (χ3v) is 7.30. The lowest BCUT2D eigenvalue weighted by atomic mass is 9.95. The summed E-state index contributed by atoms with van der Waals surface area (Å²) in [6.07, 6.45) is -2.18. The average Bonchev–Trinajstić information content (AvgIpc) is 2.67. The van der Waals surface area contributed by atoms with E-state index in [4.69, 9.17) is 11.6 Å². The molecule has 1 aromatic carbocycles. The minimum absolute atomic E-state index is 0.0612. The van der Waals surface area contributed by atoms with Crippen molar-refractivity contribution in [2.75, 3.05) is 31.1 Å². The first kappa shape index (κ1) is 21.8. The normalized spacial score (nSPS) is 18.5. The molecule has 3 rings (SSSR count). The summed E-state index contributed by atoms with van der Waals surface area (Å²) in [6, 6.07) is 6.82. The minimum Gasteiger partial charge on any atom is -0.376 e. The number of benzene rings is 1. The third kappa shape index (κ3) is 4.20. The van der Waals surface area contributed by atoms with Gasteiger partial charge in [-0.2, -0.15) is 17.5 Å². The lowest BCUT2D eigenvalue weighted by molar-refractivity contribution is -0.258. The fourth-order valence-electron chi connectivity index (χ4n) is 3.04. The highest BCUT2D eigenvalue weighted by atomic mass is 35.5. The second-order valence-corrected chi connectivity index (χ2v) is 9.13. The first-order chi connectivity index (χ1) is 13.4. The maximum atomic E-state index is 13.0. The Morgan fingerprint density at radius 1 is 1.07 bits per heavy atom. The molecule has 0 radical (unpaired) electrons. The molecule has 1 aromatic heterocycles. The second-order valence-electron chi connectivity index (χ2n) is 6.81. The summed E-state index contributed by atoms with van der Waals surface area (Å²) in [4.78, 5) is 5.62. The van der Waals surface area contributed by atoms with Crippen LogP contribution in [0.25, 0.3) is 0 Å². The molecule has 1 fully saturated rings. The van der Waals surface area contributed by atoms with E-state index < -0.39 is 21.8 Å². The maximum Gasteiger partial charge on any atom is 0.421 e. The number of nitrogens with zero attached hydrogens (tertiary/aromatic N) is 3. The largest absolute Gasteiger partial charge is 0.421 e. The highest BCUT2D eigenvalue weighted by molar-refractivity contribution is 7.89. The van der Waals surface area contributed by atoms with Gasteiger partial charge in [-0.1, -0.05) is 23.7 Å². The average molecular weight is 450 g/mol. The molecule has 0 bridgehead atoms. The Bertz CT molecular complexity index is 974. The van der Waals surface area contributed by atoms with Crippen LogP contribution < -0.4 is 4.90 Å². The molecule has 0 spiro atoms. The smallest absolute Gasteiger partial charge is 0.376 e. The van der Waals surface area contributed by atoms with Crippen molar-refractivity contribution in [3.05, 3.63) is 53.3 Å². The van der Waals surface area contributed by atoms with Crippen molar-refractivity contribution in [2.45, 2.75) is 23.6 Å². The van der Waals surface area contributed by atoms with E-state index in [9.17, 15) is 26.7 Å². The third-order valence-electron chi connectivity index (χ3n) is 4.94. The summed E-state index contributed by atoms with van der Waals surface area (Å²) in [7, 11) is -3.79. The van der Waals surface area contributed by atoms with Crippen LogP contribution in [0.15, 0.2) is 47.6 Å². The van der Waals surface area contributed by atoms with Crippen LogP contribution in [-0.2, 0) is 15.6 Å². The second kappa shape index (κ2) is 7.75. The molecular weight excluding hydrogens is 431 g/mol. The predicted octanol–water partition coefficient (Wildman–Crippen LogP) is 3.02. The zero-order chi connectivity index (χ0) is 21.4. The Morgan fingerprint density at radius 2 is 1.66 bits per heavy atom.